The van der Waals surface area contributed by atoms with Gasteiger partial charge in [0, 0.05) is 44.1 Å². The average molecular weight is 480 g/mol. The Bertz CT molecular complexity index is 1040. The van der Waals surface area contributed by atoms with Crippen LogP contribution in [0.1, 0.15) is 37.8 Å². The van der Waals surface area contributed by atoms with Crippen molar-refractivity contribution in [3.05, 3.63) is 53.3 Å². The van der Waals surface area contributed by atoms with E-state index in [1.54, 1.807) is 19.1 Å². The molecule has 0 atom stereocenters. The second-order valence-electron chi connectivity index (χ2n) is 8.95. The highest BCUT2D eigenvalue weighted by atomic mass is 32.2. The summed E-state index contributed by atoms with van der Waals surface area (Å²) in [5.74, 6) is 1.01. The Morgan fingerprint density at radius 1 is 1.24 bits per heavy atom. The van der Waals surface area contributed by atoms with E-state index >= 15 is 0 Å². The molecule has 2 heterocycles. The Kier molecular flexibility index (Phi) is 8.69. The maximum atomic E-state index is 13.1. The van der Waals surface area contributed by atoms with Gasteiger partial charge in [-0.1, -0.05) is 19.9 Å². The van der Waals surface area contributed by atoms with E-state index in [9.17, 15) is 12.8 Å². The van der Waals surface area contributed by atoms with E-state index in [1.807, 2.05) is 6.07 Å². The predicted octanol–water partition coefficient (Wildman–Crippen LogP) is 4.39. The number of nitrogens with zero attached hydrogens (tertiary/aromatic N) is 1. The standard InChI is InChI=1S/C13H18N2O4S.C11H16FN/c16-20(17,18)12-1-2-13-11(7-12)8-14-15(13)9-10-3-5-19-6-4-10;1-8(2)7-13-11-6-4-5-10(12)9(11)3/h1-2,7,10,14H,3-6,8-9H2,(H,16,17,18);4-6,8,13H,7H2,1-3H3. The smallest absolute Gasteiger partial charge is 0.294 e. The molecule has 182 valence electrons. The Labute approximate surface area is 196 Å². The van der Waals surface area contributed by atoms with Gasteiger partial charge >= 0.3 is 0 Å². The Morgan fingerprint density at radius 3 is 2.64 bits per heavy atom. The minimum absolute atomic E-state index is 0.0500. The lowest BCUT2D eigenvalue weighted by Crippen LogP contribution is -2.38. The molecule has 2 aromatic rings. The molecule has 33 heavy (non-hydrogen) atoms. The third-order valence-electron chi connectivity index (χ3n) is 5.85. The van der Waals surface area contributed by atoms with Gasteiger partial charge in [0.2, 0.25) is 0 Å². The highest BCUT2D eigenvalue weighted by Gasteiger charge is 2.24. The summed E-state index contributed by atoms with van der Waals surface area (Å²) in [6.45, 7) is 10.0. The van der Waals surface area contributed by atoms with Crippen molar-refractivity contribution >= 4 is 21.5 Å². The van der Waals surface area contributed by atoms with Crippen LogP contribution in [0.2, 0.25) is 0 Å². The van der Waals surface area contributed by atoms with E-state index in [-0.39, 0.29) is 10.7 Å². The van der Waals surface area contributed by atoms with Gasteiger partial charge < -0.3 is 15.1 Å². The van der Waals surface area contributed by atoms with Gasteiger partial charge in [-0.3, -0.25) is 4.55 Å². The highest BCUT2D eigenvalue weighted by Crippen LogP contribution is 2.29. The van der Waals surface area contributed by atoms with Gasteiger partial charge in [0.25, 0.3) is 10.1 Å². The minimum atomic E-state index is -4.13. The van der Waals surface area contributed by atoms with E-state index < -0.39 is 10.1 Å². The monoisotopic (exact) mass is 479 g/mol. The number of ether oxygens (including phenoxy) is 1. The van der Waals surface area contributed by atoms with Crippen LogP contribution < -0.4 is 15.8 Å². The summed E-state index contributed by atoms with van der Waals surface area (Å²) < 4.78 is 49.8. The van der Waals surface area contributed by atoms with Crippen molar-refractivity contribution in [1.29, 1.82) is 0 Å². The lowest BCUT2D eigenvalue weighted by molar-refractivity contribution is 0.0677. The lowest BCUT2D eigenvalue weighted by atomic mass is 10.00. The summed E-state index contributed by atoms with van der Waals surface area (Å²) in [5, 5.41) is 5.28. The molecule has 7 nitrogen and oxygen atoms in total. The first-order valence-electron chi connectivity index (χ1n) is 11.3. The zero-order valence-corrected chi connectivity index (χ0v) is 20.3. The van der Waals surface area contributed by atoms with Crippen molar-refractivity contribution in [2.24, 2.45) is 11.8 Å². The van der Waals surface area contributed by atoms with Crippen molar-refractivity contribution in [3.63, 3.8) is 0 Å². The summed E-state index contributed by atoms with van der Waals surface area (Å²) in [7, 11) is -4.13. The number of nitrogens with one attached hydrogen (secondary N) is 2. The van der Waals surface area contributed by atoms with Crippen molar-refractivity contribution in [2.45, 2.75) is 45.1 Å². The van der Waals surface area contributed by atoms with Crippen LogP contribution in [0.5, 0.6) is 0 Å². The molecule has 1 saturated heterocycles. The summed E-state index contributed by atoms with van der Waals surface area (Å²) >= 11 is 0. The molecule has 2 aromatic carbocycles. The van der Waals surface area contributed by atoms with Gasteiger partial charge in [-0.2, -0.15) is 8.42 Å². The van der Waals surface area contributed by atoms with Crippen LogP contribution >= 0.6 is 0 Å². The number of anilines is 2. The quantitative estimate of drug-likeness (QED) is 0.530. The molecule has 4 rings (SSSR count). The zero-order valence-electron chi connectivity index (χ0n) is 19.5. The molecule has 0 unspecified atom stereocenters. The summed E-state index contributed by atoms with van der Waals surface area (Å²) in [4.78, 5) is -0.0500. The molecule has 0 amide bonds. The molecular weight excluding hydrogens is 445 g/mol. The number of fused-ring (bicyclic) bond motifs is 1. The largest absolute Gasteiger partial charge is 0.384 e. The third-order valence-corrected chi connectivity index (χ3v) is 6.70. The number of hydrazine groups is 1. The Hall–Kier alpha value is -2.20. The van der Waals surface area contributed by atoms with Crippen LogP contribution in [0.15, 0.2) is 41.3 Å². The van der Waals surface area contributed by atoms with E-state index in [2.05, 4.69) is 29.6 Å². The molecule has 0 spiro atoms. The van der Waals surface area contributed by atoms with Gasteiger partial charge in [0.15, 0.2) is 0 Å². The first-order valence-corrected chi connectivity index (χ1v) is 12.8. The van der Waals surface area contributed by atoms with Gasteiger partial charge in [0.1, 0.15) is 5.82 Å². The number of halogens is 1. The van der Waals surface area contributed by atoms with Crippen molar-refractivity contribution in [3.8, 4) is 0 Å². The molecule has 1 fully saturated rings. The van der Waals surface area contributed by atoms with E-state index in [4.69, 9.17) is 9.29 Å². The maximum Gasteiger partial charge on any atom is 0.294 e. The fraction of sp³-hybridized carbons (Fsp3) is 0.500. The summed E-state index contributed by atoms with van der Waals surface area (Å²) in [6, 6.07) is 9.83. The summed E-state index contributed by atoms with van der Waals surface area (Å²) in [5.41, 5.74) is 6.74. The topological polar surface area (TPSA) is 90.9 Å². The molecule has 0 radical (unpaired) electrons. The van der Waals surface area contributed by atoms with Crippen LogP contribution in [-0.4, -0.2) is 39.3 Å². The number of hydrogen-bond acceptors (Lipinski definition) is 6. The summed E-state index contributed by atoms with van der Waals surface area (Å²) in [6.07, 6.45) is 2.10. The van der Waals surface area contributed by atoms with Crippen LogP contribution in [-0.2, 0) is 21.4 Å². The Morgan fingerprint density at radius 2 is 1.97 bits per heavy atom. The van der Waals surface area contributed by atoms with Gasteiger partial charge in [0.05, 0.1) is 10.6 Å². The third kappa shape index (κ3) is 7.14. The molecule has 2 aliphatic rings. The van der Waals surface area contributed by atoms with Crippen LogP contribution in [0.4, 0.5) is 15.8 Å². The molecule has 9 heteroatoms. The van der Waals surface area contributed by atoms with Crippen LogP contribution in [0, 0.1) is 24.6 Å². The van der Waals surface area contributed by atoms with Gasteiger partial charge in [-0.05, 0) is 67.5 Å². The second-order valence-corrected chi connectivity index (χ2v) is 10.4. The van der Waals surface area contributed by atoms with Crippen LogP contribution in [0.25, 0.3) is 0 Å². The van der Waals surface area contributed by atoms with E-state index in [0.717, 1.165) is 56.1 Å². The molecular formula is C24H34FN3O4S. The SMILES string of the molecule is Cc1c(F)cccc1NCC(C)C.O=S(=O)(O)c1ccc2c(c1)CNN2CC1CCOCC1. The second kappa shape index (κ2) is 11.3. The van der Waals surface area contributed by atoms with Crippen LogP contribution in [0.3, 0.4) is 0 Å². The van der Waals surface area contributed by atoms with E-state index in [0.29, 0.717) is 23.9 Å². The van der Waals surface area contributed by atoms with Crippen molar-refractivity contribution in [2.75, 3.05) is 36.6 Å². The van der Waals surface area contributed by atoms with Gasteiger partial charge in [-0.15, -0.1) is 0 Å². The first-order chi connectivity index (χ1) is 15.6. The van der Waals surface area contributed by atoms with Gasteiger partial charge in [-0.25, -0.2) is 9.82 Å². The molecule has 0 aliphatic carbocycles. The normalized spacial score (nSPS) is 16.4. The number of rotatable bonds is 6. The molecule has 0 bridgehead atoms. The number of hydrogen-bond donors (Lipinski definition) is 3. The maximum absolute atomic E-state index is 13.1. The lowest BCUT2D eigenvalue weighted by Gasteiger charge is -2.28. The Balaban J connectivity index is 0.000000205. The van der Waals surface area contributed by atoms with Crippen molar-refractivity contribution in [1.82, 2.24) is 5.43 Å². The van der Waals surface area contributed by atoms with E-state index in [1.165, 1.54) is 18.2 Å². The average Bonchev–Trinajstić information content (AvgIpc) is 3.17. The minimum Gasteiger partial charge on any atom is -0.384 e. The zero-order chi connectivity index (χ0) is 24.0. The number of benzene rings is 2. The molecule has 2 aliphatic heterocycles. The predicted molar refractivity (Wildman–Crippen MR) is 128 cm³/mol. The highest BCUT2D eigenvalue weighted by molar-refractivity contribution is 7.85. The fourth-order valence-corrected chi connectivity index (χ4v) is 4.39. The molecule has 3 N–H and O–H groups in total. The molecule has 0 saturated carbocycles. The molecule has 0 aromatic heterocycles. The fourth-order valence-electron chi connectivity index (χ4n) is 3.86. The first kappa shape index (κ1) is 25.4. The van der Waals surface area contributed by atoms with Crippen molar-refractivity contribution < 1.29 is 22.1 Å².